The largest absolute Gasteiger partial charge is 2.00 e. The fourth-order valence-electron chi connectivity index (χ4n) is 0. The van der Waals surface area contributed by atoms with Gasteiger partial charge in [0.15, 0.2) is 0 Å². The maximum atomic E-state index is 8.66. The summed E-state index contributed by atoms with van der Waals surface area (Å²) in [6.07, 6.45) is -2.33. The molecule has 0 unspecified atom stereocenters. The van der Waals surface area contributed by atoms with Crippen LogP contribution in [0.4, 0.5) is 4.79 Å². The van der Waals surface area contributed by atoms with E-state index < -0.39 is 14.0 Å². The Labute approximate surface area is 84.9 Å². The van der Waals surface area contributed by atoms with Crippen LogP contribution in [0.5, 0.6) is 0 Å². The smallest absolute Gasteiger partial charge is 0.790 e. The second kappa shape index (κ2) is 10.5. The molecule has 0 rings (SSSR count). The number of rotatable bonds is 0. The molecule has 0 aromatic rings. The normalized spacial score (nSPS) is 7.55. The second-order valence-corrected chi connectivity index (χ2v) is 1.66. The Morgan fingerprint density at radius 3 is 1.27 bits per heavy atom. The molecule has 0 aliphatic heterocycles. The first-order valence-corrected chi connectivity index (χ1v) is 2.86. The summed E-state index contributed by atoms with van der Waals surface area (Å²) in [6.45, 7) is 0. The Morgan fingerprint density at radius 2 is 1.27 bits per heavy atom. The molecule has 0 aromatic heterocycles. The molecule has 0 heterocycles. The van der Waals surface area contributed by atoms with Gasteiger partial charge in [0.05, 0.1) is 7.82 Å². The van der Waals surface area contributed by atoms with Gasteiger partial charge >= 0.3 is 36.5 Å². The Morgan fingerprint density at radius 1 is 1.27 bits per heavy atom. The van der Waals surface area contributed by atoms with Crippen LogP contribution in [0.2, 0.25) is 0 Å². The molecule has 0 bridgehead atoms. The molecule has 1 N–H and O–H groups in total. The standard InChI is InChI=1S/CH2O3.Fe.H3O4P.Zn/c2-1(3)4;;1-5(2,3)4;/h(H2,2,3,4);;(H3,1,2,3,4);/q;+2;;+2/p-4. The van der Waals surface area contributed by atoms with Gasteiger partial charge in [-0.05, 0) is 6.16 Å². The van der Waals surface area contributed by atoms with Gasteiger partial charge in [-0.1, -0.05) is 0 Å². The second-order valence-electron chi connectivity index (χ2n) is 0.719. The van der Waals surface area contributed by atoms with Gasteiger partial charge in [0.2, 0.25) is 0 Å². The zero-order valence-corrected chi connectivity index (χ0v) is 9.87. The molecule has 0 aromatic carbocycles. The molecule has 0 radical (unpaired) electrons. The van der Waals surface area contributed by atoms with Gasteiger partial charge < -0.3 is 34.3 Å². The summed E-state index contributed by atoms with van der Waals surface area (Å²) in [5.74, 6) is 0. The number of phosphoric acid groups is 1. The predicted molar refractivity (Wildman–Crippen MR) is 15.2 cm³/mol. The van der Waals surface area contributed by atoms with Gasteiger partial charge in [0.25, 0.3) is 0 Å². The van der Waals surface area contributed by atoms with Crippen LogP contribution in [0.3, 0.4) is 0 Å². The molecule has 0 fully saturated rings. The van der Waals surface area contributed by atoms with Crippen molar-refractivity contribution in [3.63, 3.8) is 0 Å². The Kier molecular flexibility index (Phi) is 21.6. The monoisotopic (exact) mass is 276 g/mol. The molecule has 0 aliphatic rings. The number of hydrogen-bond acceptors (Lipinski definition) is 6. The van der Waals surface area contributed by atoms with Crippen LogP contribution in [0.15, 0.2) is 0 Å². The van der Waals surface area contributed by atoms with Crippen LogP contribution in [0.25, 0.3) is 0 Å². The van der Waals surface area contributed by atoms with E-state index in [0.29, 0.717) is 0 Å². The number of carbonyl (C=O) groups is 1. The molecule has 0 amide bonds. The third kappa shape index (κ3) is 2800. The number of carboxylic acid groups (broad SMARTS) is 2. The van der Waals surface area contributed by atoms with Crippen molar-refractivity contribution in [3.8, 4) is 0 Å². The third-order valence-corrected chi connectivity index (χ3v) is 0. The molecular weight excluding hydrogens is 276 g/mol. The number of hydrogen-bond donors (Lipinski definition) is 1. The summed E-state index contributed by atoms with van der Waals surface area (Å²) >= 11 is 0. The fraction of sp³-hybridized carbons (Fsp3) is 0. The zero-order valence-electron chi connectivity index (χ0n) is 4.90. The van der Waals surface area contributed by atoms with Crippen LogP contribution < -0.4 is 20.0 Å². The summed E-state index contributed by atoms with van der Waals surface area (Å²) in [5.41, 5.74) is 0. The molecule has 10 heteroatoms. The van der Waals surface area contributed by atoms with Gasteiger partial charge in [-0.3, -0.25) is 0 Å². The molecule has 11 heavy (non-hydrogen) atoms. The minimum Gasteiger partial charge on any atom is -0.790 e. The van der Waals surface area contributed by atoms with Crippen LogP contribution in [0, 0.1) is 0 Å². The molecule has 0 aliphatic carbocycles. The summed E-state index contributed by atoms with van der Waals surface area (Å²) < 4.78 is 8.66. The van der Waals surface area contributed by atoms with E-state index in [1.54, 1.807) is 0 Å². The van der Waals surface area contributed by atoms with Crippen molar-refractivity contribution in [1.29, 1.82) is 0 Å². The Hall–Kier alpha value is 0.523. The summed E-state index contributed by atoms with van der Waals surface area (Å²) in [4.78, 5) is 32.6. The molecule has 0 saturated carbocycles. The Balaban J connectivity index is -0.0000000383. The van der Waals surface area contributed by atoms with Gasteiger partial charge in [-0.25, -0.2) is 0 Å². The van der Waals surface area contributed by atoms with Crippen molar-refractivity contribution in [2.75, 3.05) is 0 Å². The van der Waals surface area contributed by atoms with E-state index in [-0.39, 0.29) is 36.5 Å². The van der Waals surface area contributed by atoms with Gasteiger partial charge in [0, 0.05) is 0 Å². The summed E-state index contributed by atoms with van der Waals surface area (Å²) in [5, 5.41) is 16.7. The van der Waals surface area contributed by atoms with Crippen molar-refractivity contribution in [2.45, 2.75) is 0 Å². The molecule has 0 atom stereocenters. The maximum absolute atomic E-state index is 8.66. The van der Waals surface area contributed by atoms with Gasteiger partial charge in [-0.15, -0.1) is 0 Å². The molecule has 62 valence electrons. The van der Waals surface area contributed by atoms with E-state index in [2.05, 4.69) is 0 Å². The zero-order chi connectivity index (χ0) is 8.08. The van der Waals surface area contributed by atoms with E-state index in [9.17, 15) is 0 Å². The minimum atomic E-state index is -5.14. The van der Waals surface area contributed by atoms with Crippen molar-refractivity contribution >= 4 is 14.0 Å². The molecule has 0 saturated heterocycles. The third-order valence-electron chi connectivity index (χ3n) is 0. The van der Waals surface area contributed by atoms with Crippen molar-refractivity contribution in [3.05, 3.63) is 0 Å². The van der Waals surface area contributed by atoms with Crippen LogP contribution in [0.1, 0.15) is 0 Å². The molecule has 7 nitrogen and oxygen atoms in total. The van der Waals surface area contributed by atoms with Crippen molar-refractivity contribution in [2.24, 2.45) is 0 Å². The first kappa shape index (κ1) is 22.5. The van der Waals surface area contributed by atoms with E-state index in [1.165, 1.54) is 0 Å². The average Bonchev–Trinajstić information content (AvgIpc) is 1.19. The van der Waals surface area contributed by atoms with Crippen LogP contribution in [-0.4, -0.2) is 11.0 Å². The molecule has 0 spiro atoms. The van der Waals surface area contributed by atoms with Gasteiger partial charge in [0.1, 0.15) is 0 Å². The van der Waals surface area contributed by atoms with Gasteiger partial charge in [-0.2, -0.15) is 0 Å². The summed E-state index contributed by atoms with van der Waals surface area (Å²) in [6, 6.07) is 0. The number of carbonyl (C=O) groups excluding carboxylic acids is 1. The molecular formula is CHFeO7PZn. The maximum Gasteiger partial charge on any atom is 2.00 e. The average molecular weight is 277 g/mol. The van der Waals surface area contributed by atoms with E-state index in [1.807, 2.05) is 0 Å². The van der Waals surface area contributed by atoms with E-state index in [4.69, 9.17) is 34.3 Å². The minimum absolute atomic E-state index is 0. The summed E-state index contributed by atoms with van der Waals surface area (Å²) in [7, 11) is -5.14. The SMILES string of the molecule is O=C([O-])[O-].O=P([O-])([O-])O.[Fe+2].[Zn+2]. The first-order chi connectivity index (χ1) is 3.73. The first-order valence-electron chi connectivity index (χ1n) is 1.36. The Bertz CT molecular complexity index is 118. The van der Waals surface area contributed by atoms with Crippen LogP contribution in [-0.2, 0) is 41.1 Å². The topological polar surface area (TPSA) is 147 Å². The van der Waals surface area contributed by atoms with Crippen molar-refractivity contribution < 1.29 is 70.8 Å². The fourth-order valence-corrected chi connectivity index (χ4v) is 0. The predicted octanol–water partition coefficient (Wildman–Crippen LogP) is -4.64. The van der Waals surface area contributed by atoms with Crippen molar-refractivity contribution in [1.82, 2.24) is 0 Å². The van der Waals surface area contributed by atoms with Crippen LogP contribution >= 0.6 is 7.82 Å². The van der Waals surface area contributed by atoms with E-state index >= 15 is 0 Å². The van der Waals surface area contributed by atoms with E-state index in [0.717, 1.165) is 0 Å². The quantitative estimate of drug-likeness (QED) is 0.346.